The maximum absolute atomic E-state index is 13.5. The van der Waals surface area contributed by atoms with E-state index in [0.29, 0.717) is 5.88 Å². The average Bonchev–Trinajstić information content (AvgIpc) is 2.68. The summed E-state index contributed by atoms with van der Waals surface area (Å²) in [6, 6.07) is 6.51. The van der Waals surface area contributed by atoms with Crippen LogP contribution in [-0.4, -0.2) is 25.3 Å². The number of nitrogens with one attached hydrogen (secondary N) is 1. The zero-order valence-electron chi connectivity index (χ0n) is 10.3. The van der Waals surface area contributed by atoms with Crippen LogP contribution in [0.4, 0.5) is 10.2 Å². The summed E-state index contributed by atoms with van der Waals surface area (Å²) in [6.45, 7) is 0. The van der Waals surface area contributed by atoms with Gasteiger partial charge in [-0.05, 0) is 12.1 Å². The van der Waals surface area contributed by atoms with Gasteiger partial charge in [0, 0.05) is 13.1 Å². The number of aryl methyl sites for hydroxylation is 1. The van der Waals surface area contributed by atoms with E-state index in [1.807, 2.05) is 0 Å². The Hall–Kier alpha value is -2.09. The molecule has 8 heteroatoms. The van der Waals surface area contributed by atoms with Crippen molar-refractivity contribution in [2.45, 2.75) is 4.90 Å². The molecular weight excluding hydrogens is 273 g/mol. The third-order valence-electron chi connectivity index (χ3n) is 2.41. The molecule has 1 aromatic carbocycles. The molecule has 0 unspecified atom stereocenters. The van der Waals surface area contributed by atoms with Crippen LogP contribution in [0.1, 0.15) is 0 Å². The molecule has 0 aliphatic rings. The number of hydrogen-bond donors (Lipinski definition) is 1. The van der Waals surface area contributed by atoms with E-state index in [0.717, 1.165) is 6.07 Å². The number of sulfonamides is 1. The molecule has 0 spiro atoms. The summed E-state index contributed by atoms with van der Waals surface area (Å²) in [4.78, 5) is -0.431. The number of aromatic nitrogens is 2. The van der Waals surface area contributed by atoms with Crippen molar-refractivity contribution in [2.75, 3.05) is 11.8 Å². The first-order valence-electron chi connectivity index (χ1n) is 5.29. The fourth-order valence-electron chi connectivity index (χ4n) is 1.55. The molecule has 0 aliphatic carbocycles. The van der Waals surface area contributed by atoms with Gasteiger partial charge in [0.15, 0.2) is 5.82 Å². The molecular formula is C11H12FN3O3S. The van der Waals surface area contributed by atoms with Crippen LogP contribution < -0.4 is 9.46 Å². The second-order valence-corrected chi connectivity index (χ2v) is 5.38. The highest BCUT2D eigenvalue weighted by Gasteiger charge is 2.20. The molecule has 6 nitrogen and oxygen atoms in total. The van der Waals surface area contributed by atoms with Crippen molar-refractivity contribution in [1.82, 2.24) is 9.78 Å². The van der Waals surface area contributed by atoms with E-state index in [1.54, 1.807) is 7.05 Å². The highest BCUT2D eigenvalue weighted by atomic mass is 32.2. The molecule has 0 aliphatic heterocycles. The first kappa shape index (κ1) is 13.3. The van der Waals surface area contributed by atoms with Crippen molar-refractivity contribution in [2.24, 2.45) is 7.05 Å². The Bertz CT molecular complexity index is 697. The predicted octanol–water partition coefficient (Wildman–Crippen LogP) is 1.37. The molecule has 1 aromatic heterocycles. The van der Waals surface area contributed by atoms with Gasteiger partial charge in [0.1, 0.15) is 10.7 Å². The van der Waals surface area contributed by atoms with Gasteiger partial charge in [-0.3, -0.25) is 4.72 Å². The number of halogens is 1. The fraction of sp³-hybridized carbons (Fsp3) is 0.182. The summed E-state index contributed by atoms with van der Waals surface area (Å²) >= 11 is 0. The van der Waals surface area contributed by atoms with E-state index in [-0.39, 0.29) is 5.82 Å². The molecule has 0 bridgehead atoms. The summed E-state index contributed by atoms with van der Waals surface area (Å²) in [5.41, 5.74) is 0. The molecule has 0 amide bonds. The molecule has 0 saturated heterocycles. The molecule has 19 heavy (non-hydrogen) atoms. The van der Waals surface area contributed by atoms with E-state index in [9.17, 15) is 12.8 Å². The minimum Gasteiger partial charge on any atom is -0.481 e. The van der Waals surface area contributed by atoms with Crippen LogP contribution in [0.2, 0.25) is 0 Å². The Morgan fingerprint density at radius 3 is 2.63 bits per heavy atom. The Labute approximate surface area is 109 Å². The van der Waals surface area contributed by atoms with Gasteiger partial charge in [-0.15, -0.1) is 0 Å². The third kappa shape index (κ3) is 2.68. The zero-order valence-corrected chi connectivity index (χ0v) is 11.1. The Kier molecular flexibility index (Phi) is 3.43. The van der Waals surface area contributed by atoms with E-state index < -0.39 is 20.7 Å². The highest BCUT2D eigenvalue weighted by Crippen LogP contribution is 2.20. The summed E-state index contributed by atoms with van der Waals surface area (Å²) < 4.78 is 46.0. The SMILES string of the molecule is COc1cc(NS(=O)(=O)c2ccccc2F)nn1C. The number of ether oxygens (including phenoxy) is 1. The number of hydrogen-bond acceptors (Lipinski definition) is 4. The second-order valence-electron chi connectivity index (χ2n) is 3.73. The monoisotopic (exact) mass is 285 g/mol. The van der Waals surface area contributed by atoms with Gasteiger partial charge in [-0.1, -0.05) is 12.1 Å². The van der Waals surface area contributed by atoms with Crippen LogP contribution in [-0.2, 0) is 17.1 Å². The van der Waals surface area contributed by atoms with Crippen molar-refractivity contribution in [3.63, 3.8) is 0 Å². The van der Waals surface area contributed by atoms with Gasteiger partial charge in [0.25, 0.3) is 10.0 Å². The van der Waals surface area contributed by atoms with Gasteiger partial charge in [-0.2, -0.15) is 5.10 Å². The lowest BCUT2D eigenvalue weighted by atomic mass is 10.4. The van der Waals surface area contributed by atoms with Crippen LogP contribution in [0.15, 0.2) is 35.2 Å². The Balaban J connectivity index is 2.34. The summed E-state index contributed by atoms with van der Waals surface area (Å²) in [5.74, 6) is -0.383. The maximum Gasteiger partial charge on any atom is 0.266 e. The van der Waals surface area contributed by atoms with Gasteiger partial charge < -0.3 is 4.74 Å². The van der Waals surface area contributed by atoms with Gasteiger partial charge in [-0.25, -0.2) is 17.5 Å². The van der Waals surface area contributed by atoms with Gasteiger partial charge in [0.2, 0.25) is 5.88 Å². The number of methoxy groups -OCH3 is 1. The van der Waals surface area contributed by atoms with E-state index >= 15 is 0 Å². The molecule has 0 saturated carbocycles. The number of anilines is 1. The summed E-state index contributed by atoms with van der Waals surface area (Å²) in [5, 5.41) is 3.90. The van der Waals surface area contributed by atoms with Gasteiger partial charge in [0.05, 0.1) is 7.11 Å². The van der Waals surface area contributed by atoms with Crippen LogP contribution in [0.25, 0.3) is 0 Å². The van der Waals surface area contributed by atoms with E-state index in [2.05, 4.69) is 9.82 Å². The van der Waals surface area contributed by atoms with Crippen molar-refractivity contribution in [3.05, 3.63) is 36.1 Å². The predicted molar refractivity (Wildman–Crippen MR) is 67.0 cm³/mol. The molecule has 0 fully saturated rings. The lowest BCUT2D eigenvalue weighted by molar-refractivity contribution is 0.373. The van der Waals surface area contributed by atoms with Crippen LogP contribution in [0, 0.1) is 5.82 Å². The van der Waals surface area contributed by atoms with Crippen molar-refractivity contribution < 1.29 is 17.5 Å². The minimum absolute atomic E-state index is 0.0580. The Morgan fingerprint density at radius 1 is 1.37 bits per heavy atom. The smallest absolute Gasteiger partial charge is 0.266 e. The first-order valence-corrected chi connectivity index (χ1v) is 6.78. The topological polar surface area (TPSA) is 73.2 Å². The number of nitrogens with zero attached hydrogens (tertiary/aromatic N) is 2. The quantitative estimate of drug-likeness (QED) is 0.920. The number of rotatable bonds is 4. The molecule has 0 atom stereocenters. The number of benzene rings is 1. The van der Waals surface area contributed by atoms with Crippen LogP contribution in [0.5, 0.6) is 5.88 Å². The van der Waals surface area contributed by atoms with Crippen molar-refractivity contribution in [3.8, 4) is 5.88 Å². The standard InChI is InChI=1S/C11H12FN3O3S/c1-15-11(18-2)7-10(13-15)14-19(16,17)9-6-4-3-5-8(9)12/h3-7H,1-2H3,(H,13,14). The minimum atomic E-state index is -4.01. The first-order chi connectivity index (χ1) is 8.94. The molecule has 0 radical (unpaired) electrons. The average molecular weight is 285 g/mol. The molecule has 1 heterocycles. The molecule has 2 aromatic rings. The van der Waals surface area contributed by atoms with Crippen molar-refractivity contribution >= 4 is 15.8 Å². The van der Waals surface area contributed by atoms with Gasteiger partial charge >= 0.3 is 0 Å². The normalized spacial score (nSPS) is 11.3. The lowest BCUT2D eigenvalue weighted by Gasteiger charge is -2.05. The molecule has 102 valence electrons. The fourth-order valence-corrected chi connectivity index (χ4v) is 2.61. The lowest BCUT2D eigenvalue weighted by Crippen LogP contribution is -2.15. The maximum atomic E-state index is 13.5. The van der Waals surface area contributed by atoms with Crippen LogP contribution >= 0.6 is 0 Å². The van der Waals surface area contributed by atoms with Crippen molar-refractivity contribution in [1.29, 1.82) is 0 Å². The zero-order chi connectivity index (χ0) is 14.0. The highest BCUT2D eigenvalue weighted by molar-refractivity contribution is 7.92. The summed E-state index contributed by atoms with van der Waals surface area (Å²) in [7, 11) is -0.978. The molecule has 1 N–H and O–H groups in total. The second kappa shape index (κ2) is 4.88. The molecule has 2 rings (SSSR count). The van der Waals surface area contributed by atoms with Crippen LogP contribution in [0.3, 0.4) is 0 Å². The van der Waals surface area contributed by atoms with E-state index in [1.165, 1.54) is 36.1 Å². The third-order valence-corrected chi connectivity index (χ3v) is 3.80. The Morgan fingerprint density at radius 2 is 2.05 bits per heavy atom. The summed E-state index contributed by atoms with van der Waals surface area (Å²) in [6.07, 6.45) is 0. The van der Waals surface area contributed by atoms with E-state index in [4.69, 9.17) is 4.74 Å². The largest absolute Gasteiger partial charge is 0.481 e.